The van der Waals surface area contributed by atoms with Crippen molar-refractivity contribution < 1.29 is 8.42 Å². The summed E-state index contributed by atoms with van der Waals surface area (Å²) in [4.78, 5) is 3.45. The van der Waals surface area contributed by atoms with Crippen molar-refractivity contribution in [3.63, 3.8) is 0 Å². The highest BCUT2D eigenvalue weighted by Gasteiger charge is 2.31. The predicted molar refractivity (Wildman–Crippen MR) is 66.8 cm³/mol. The molecule has 1 saturated heterocycles. The van der Waals surface area contributed by atoms with Crippen molar-refractivity contribution in [2.75, 3.05) is 13.1 Å². The van der Waals surface area contributed by atoms with Gasteiger partial charge in [0.05, 0.1) is 10.1 Å². The van der Waals surface area contributed by atoms with Crippen LogP contribution in [0.5, 0.6) is 0 Å². The predicted octanol–water partition coefficient (Wildman–Crippen LogP) is 1.30. The number of hydrogen-bond acceptors (Lipinski definition) is 3. The van der Waals surface area contributed by atoms with Gasteiger partial charge in [0.15, 0.2) is 9.84 Å². The van der Waals surface area contributed by atoms with Crippen LogP contribution in [-0.4, -0.2) is 31.7 Å². The topological polar surface area (TPSA) is 62.0 Å². The molecule has 4 nitrogen and oxygen atoms in total. The lowest BCUT2D eigenvalue weighted by atomic mass is 10.2. The van der Waals surface area contributed by atoms with E-state index in [1.807, 2.05) is 24.3 Å². The highest BCUT2D eigenvalue weighted by atomic mass is 32.2. The van der Waals surface area contributed by atoms with Gasteiger partial charge in [-0.25, -0.2) is 8.42 Å². The molecule has 0 radical (unpaired) electrons. The number of benzene rings is 1. The van der Waals surface area contributed by atoms with Crippen LogP contribution in [0.15, 0.2) is 35.4 Å². The number of aromatic nitrogens is 1. The number of sulfone groups is 1. The first-order chi connectivity index (χ1) is 8.19. The van der Waals surface area contributed by atoms with E-state index < -0.39 is 9.84 Å². The van der Waals surface area contributed by atoms with Gasteiger partial charge in [0, 0.05) is 23.6 Å². The minimum Gasteiger partial charge on any atom is -0.360 e. The van der Waals surface area contributed by atoms with Crippen LogP contribution in [0, 0.1) is 0 Å². The van der Waals surface area contributed by atoms with Crippen LogP contribution in [0.2, 0.25) is 0 Å². The zero-order valence-corrected chi connectivity index (χ0v) is 10.1. The summed E-state index contributed by atoms with van der Waals surface area (Å²) in [6.07, 6.45) is 2.31. The monoisotopic (exact) mass is 250 g/mol. The summed E-state index contributed by atoms with van der Waals surface area (Å²) >= 11 is 0. The average molecular weight is 250 g/mol. The zero-order chi connectivity index (χ0) is 11.9. The third-order valence-electron chi connectivity index (χ3n) is 3.31. The average Bonchev–Trinajstić information content (AvgIpc) is 2.99. The maximum absolute atomic E-state index is 12.4. The fourth-order valence-corrected chi connectivity index (χ4v) is 4.19. The maximum atomic E-state index is 12.4. The molecule has 0 spiro atoms. The second-order valence-corrected chi connectivity index (χ2v) is 6.55. The van der Waals surface area contributed by atoms with E-state index in [0.717, 1.165) is 17.4 Å². The van der Waals surface area contributed by atoms with E-state index in [9.17, 15) is 8.42 Å². The van der Waals surface area contributed by atoms with Crippen LogP contribution < -0.4 is 5.32 Å². The molecular weight excluding hydrogens is 236 g/mol. The molecule has 0 saturated carbocycles. The Balaban J connectivity index is 2.14. The summed E-state index contributed by atoms with van der Waals surface area (Å²) in [7, 11) is -3.22. The number of hydrogen-bond donors (Lipinski definition) is 2. The van der Waals surface area contributed by atoms with E-state index in [-0.39, 0.29) is 5.25 Å². The van der Waals surface area contributed by atoms with E-state index in [2.05, 4.69) is 10.3 Å². The van der Waals surface area contributed by atoms with Crippen LogP contribution >= 0.6 is 0 Å². The molecule has 1 atom stereocenters. The largest absolute Gasteiger partial charge is 0.360 e. The van der Waals surface area contributed by atoms with Gasteiger partial charge in [-0.05, 0) is 19.0 Å². The first-order valence-electron chi connectivity index (χ1n) is 5.70. The maximum Gasteiger partial charge on any atom is 0.184 e. The Kier molecular flexibility index (Phi) is 2.45. The molecule has 1 fully saturated rings. The van der Waals surface area contributed by atoms with Crippen molar-refractivity contribution in [3.05, 3.63) is 30.5 Å². The molecule has 5 heteroatoms. The van der Waals surface area contributed by atoms with Crippen molar-refractivity contribution in [3.8, 4) is 0 Å². The van der Waals surface area contributed by atoms with Crippen molar-refractivity contribution in [2.45, 2.75) is 16.6 Å². The van der Waals surface area contributed by atoms with Gasteiger partial charge in [-0.3, -0.25) is 0 Å². The molecule has 2 heterocycles. The van der Waals surface area contributed by atoms with Crippen molar-refractivity contribution in [2.24, 2.45) is 0 Å². The Labute approximate surface area is 100.0 Å². The van der Waals surface area contributed by atoms with Gasteiger partial charge in [-0.1, -0.05) is 18.2 Å². The molecule has 2 aromatic rings. The fraction of sp³-hybridized carbons (Fsp3) is 0.333. The summed E-state index contributed by atoms with van der Waals surface area (Å²) in [6.45, 7) is 1.34. The number of nitrogens with one attached hydrogen (secondary N) is 2. The fourth-order valence-electron chi connectivity index (χ4n) is 2.35. The normalized spacial score (nSPS) is 21.1. The van der Waals surface area contributed by atoms with E-state index in [1.165, 1.54) is 0 Å². The lowest BCUT2D eigenvalue weighted by molar-refractivity contribution is 0.584. The van der Waals surface area contributed by atoms with E-state index >= 15 is 0 Å². The van der Waals surface area contributed by atoms with Gasteiger partial charge in [-0.15, -0.1) is 0 Å². The number of fused-ring (bicyclic) bond motifs is 1. The van der Waals surface area contributed by atoms with Gasteiger partial charge in [0.1, 0.15) is 0 Å². The third kappa shape index (κ3) is 1.66. The lowest BCUT2D eigenvalue weighted by Crippen LogP contribution is -2.23. The SMILES string of the molecule is O=S(=O)(c1c[nH]c2ccccc12)[C@@H]1CCNC1. The number of para-hydroxylation sites is 1. The van der Waals surface area contributed by atoms with Crippen molar-refractivity contribution in [1.82, 2.24) is 10.3 Å². The molecule has 0 unspecified atom stereocenters. The van der Waals surface area contributed by atoms with Gasteiger partial charge in [0.25, 0.3) is 0 Å². The molecule has 17 heavy (non-hydrogen) atoms. The van der Waals surface area contributed by atoms with Crippen LogP contribution in [0.25, 0.3) is 10.9 Å². The second-order valence-electron chi connectivity index (χ2n) is 4.36. The first kappa shape index (κ1) is 10.8. The third-order valence-corrected chi connectivity index (χ3v) is 5.54. The number of H-pyrrole nitrogens is 1. The number of aromatic amines is 1. The summed E-state index contributed by atoms with van der Waals surface area (Å²) in [5.41, 5.74) is 0.872. The summed E-state index contributed by atoms with van der Waals surface area (Å²) in [6, 6.07) is 7.50. The Morgan fingerprint density at radius 2 is 2.06 bits per heavy atom. The van der Waals surface area contributed by atoms with Gasteiger partial charge in [-0.2, -0.15) is 0 Å². The molecule has 0 bridgehead atoms. The zero-order valence-electron chi connectivity index (χ0n) is 9.31. The summed E-state index contributed by atoms with van der Waals surface area (Å²) < 4.78 is 24.9. The minimum atomic E-state index is -3.22. The van der Waals surface area contributed by atoms with Crippen LogP contribution in [-0.2, 0) is 9.84 Å². The number of rotatable bonds is 2. The first-order valence-corrected chi connectivity index (χ1v) is 7.25. The van der Waals surface area contributed by atoms with Gasteiger partial charge in [0.2, 0.25) is 0 Å². The van der Waals surface area contributed by atoms with Crippen molar-refractivity contribution >= 4 is 20.7 Å². The Bertz CT molecular complexity index is 639. The second kappa shape index (κ2) is 3.85. The Hall–Kier alpha value is -1.33. The van der Waals surface area contributed by atoms with Crippen LogP contribution in [0.4, 0.5) is 0 Å². The molecule has 0 aliphatic carbocycles. The van der Waals surface area contributed by atoms with E-state index in [0.29, 0.717) is 17.9 Å². The molecule has 1 aromatic carbocycles. The Morgan fingerprint density at radius 3 is 2.82 bits per heavy atom. The quantitative estimate of drug-likeness (QED) is 0.844. The minimum absolute atomic E-state index is 0.290. The van der Waals surface area contributed by atoms with Gasteiger partial charge < -0.3 is 10.3 Å². The summed E-state index contributed by atoms with van der Waals surface area (Å²) in [5.74, 6) is 0. The molecular formula is C12H14N2O2S. The van der Waals surface area contributed by atoms with Crippen LogP contribution in [0.3, 0.4) is 0 Å². The molecule has 90 valence electrons. The highest BCUT2D eigenvalue weighted by Crippen LogP contribution is 2.27. The molecule has 2 N–H and O–H groups in total. The van der Waals surface area contributed by atoms with E-state index in [4.69, 9.17) is 0 Å². The smallest absolute Gasteiger partial charge is 0.184 e. The van der Waals surface area contributed by atoms with Crippen molar-refractivity contribution in [1.29, 1.82) is 0 Å². The van der Waals surface area contributed by atoms with Gasteiger partial charge >= 0.3 is 0 Å². The molecule has 1 aliphatic rings. The van der Waals surface area contributed by atoms with E-state index in [1.54, 1.807) is 6.20 Å². The standard InChI is InChI=1S/C12H14N2O2S/c15-17(16,9-5-6-13-7-9)12-8-14-11-4-2-1-3-10(11)12/h1-4,8-9,13-14H,5-7H2/t9-/m1/s1. The van der Waals surface area contributed by atoms with Crippen LogP contribution in [0.1, 0.15) is 6.42 Å². The molecule has 1 aromatic heterocycles. The molecule has 0 amide bonds. The highest BCUT2D eigenvalue weighted by molar-refractivity contribution is 7.92. The lowest BCUT2D eigenvalue weighted by Gasteiger charge is -2.09. The molecule has 1 aliphatic heterocycles. The molecule has 3 rings (SSSR count). The summed E-state index contributed by atoms with van der Waals surface area (Å²) in [5, 5.41) is 3.60. The Morgan fingerprint density at radius 1 is 1.24 bits per heavy atom.